The van der Waals surface area contributed by atoms with Crippen molar-refractivity contribution in [3.63, 3.8) is 0 Å². The fourth-order valence-electron chi connectivity index (χ4n) is 2.92. The SMILES string of the molecule is CC(C)(O)[C@@H]1C[C@@](C)(c2cccc(-c3cncnc3)c2)N=C(N)S1. The molecule has 0 spiro atoms. The lowest BCUT2D eigenvalue weighted by Gasteiger charge is -2.39. The number of nitrogens with two attached hydrogens (primary N) is 1. The Morgan fingerprint density at radius 3 is 2.62 bits per heavy atom. The molecule has 1 aromatic carbocycles. The predicted molar refractivity (Wildman–Crippen MR) is 98.7 cm³/mol. The van der Waals surface area contributed by atoms with Crippen LogP contribution in [0.4, 0.5) is 0 Å². The summed E-state index contributed by atoms with van der Waals surface area (Å²) in [5.41, 5.74) is 7.85. The fourth-order valence-corrected chi connectivity index (χ4v) is 4.16. The third kappa shape index (κ3) is 3.44. The molecule has 3 rings (SSSR count). The zero-order chi connectivity index (χ0) is 17.4. The van der Waals surface area contributed by atoms with Crippen LogP contribution in [0.15, 0.2) is 48.0 Å². The van der Waals surface area contributed by atoms with E-state index in [-0.39, 0.29) is 5.25 Å². The van der Waals surface area contributed by atoms with Crippen molar-refractivity contribution in [2.75, 3.05) is 0 Å². The first kappa shape index (κ1) is 16.9. The third-order valence-electron chi connectivity index (χ3n) is 4.37. The van der Waals surface area contributed by atoms with Gasteiger partial charge in [0.15, 0.2) is 5.17 Å². The summed E-state index contributed by atoms with van der Waals surface area (Å²) in [6, 6.07) is 8.20. The Morgan fingerprint density at radius 1 is 1.25 bits per heavy atom. The molecule has 0 amide bonds. The Kier molecular flexibility index (Phi) is 4.36. The molecular formula is C18H22N4OS. The molecule has 6 heteroatoms. The first-order chi connectivity index (χ1) is 11.3. The van der Waals surface area contributed by atoms with E-state index in [2.05, 4.69) is 29.0 Å². The first-order valence-corrected chi connectivity index (χ1v) is 8.76. The lowest BCUT2D eigenvalue weighted by molar-refractivity contribution is 0.0686. The van der Waals surface area contributed by atoms with Crippen LogP contribution in [-0.2, 0) is 5.54 Å². The van der Waals surface area contributed by atoms with Crippen molar-refractivity contribution >= 4 is 16.9 Å². The summed E-state index contributed by atoms with van der Waals surface area (Å²) in [5, 5.41) is 10.9. The molecule has 0 saturated carbocycles. The predicted octanol–water partition coefficient (Wildman–Crippen LogP) is 2.95. The third-order valence-corrected chi connectivity index (χ3v) is 5.73. The van der Waals surface area contributed by atoms with Crippen LogP contribution in [0, 0.1) is 0 Å². The Labute approximate surface area is 146 Å². The van der Waals surface area contributed by atoms with Crippen LogP contribution in [0.3, 0.4) is 0 Å². The van der Waals surface area contributed by atoms with E-state index in [1.807, 2.05) is 26.0 Å². The summed E-state index contributed by atoms with van der Waals surface area (Å²) >= 11 is 1.45. The number of aliphatic imine (C=N–C) groups is 1. The van der Waals surface area contributed by atoms with Crippen LogP contribution < -0.4 is 5.73 Å². The number of amidine groups is 1. The molecule has 1 aliphatic heterocycles. The second-order valence-corrected chi connectivity index (χ2v) is 8.12. The number of benzene rings is 1. The summed E-state index contributed by atoms with van der Waals surface area (Å²) in [7, 11) is 0. The van der Waals surface area contributed by atoms with Gasteiger partial charge in [-0.25, -0.2) is 9.97 Å². The Morgan fingerprint density at radius 2 is 1.96 bits per heavy atom. The summed E-state index contributed by atoms with van der Waals surface area (Å²) in [6.45, 7) is 5.71. The van der Waals surface area contributed by atoms with Crippen LogP contribution in [0.2, 0.25) is 0 Å². The molecule has 24 heavy (non-hydrogen) atoms. The Balaban J connectivity index is 2.00. The number of hydrogen-bond donors (Lipinski definition) is 2. The quantitative estimate of drug-likeness (QED) is 0.896. The number of aliphatic hydroxyl groups is 1. The minimum Gasteiger partial charge on any atom is -0.389 e. The smallest absolute Gasteiger partial charge is 0.155 e. The standard InChI is InChI=1S/C18H22N4OS/c1-17(2,23)15-8-18(3,22-16(19)24-15)14-6-4-5-12(7-14)13-9-20-11-21-10-13/h4-7,9-11,15,23H,8H2,1-3H3,(H2,19,22)/t15-,18-/m0/s1. The van der Waals surface area contributed by atoms with Gasteiger partial charge in [-0.2, -0.15) is 0 Å². The van der Waals surface area contributed by atoms with Gasteiger partial charge in [-0.05, 0) is 44.4 Å². The van der Waals surface area contributed by atoms with Crippen molar-refractivity contribution in [1.82, 2.24) is 9.97 Å². The van der Waals surface area contributed by atoms with Crippen molar-refractivity contribution in [1.29, 1.82) is 0 Å². The zero-order valence-electron chi connectivity index (χ0n) is 14.1. The van der Waals surface area contributed by atoms with E-state index in [0.717, 1.165) is 23.1 Å². The molecule has 2 aromatic rings. The second-order valence-electron chi connectivity index (χ2n) is 6.90. The minimum absolute atomic E-state index is 0.0104. The second kappa shape index (κ2) is 6.18. The van der Waals surface area contributed by atoms with Crippen LogP contribution in [0.1, 0.15) is 32.8 Å². The lowest BCUT2D eigenvalue weighted by Crippen LogP contribution is -2.43. The van der Waals surface area contributed by atoms with Gasteiger partial charge in [0, 0.05) is 23.2 Å². The molecule has 0 fully saturated rings. The minimum atomic E-state index is -0.822. The molecule has 126 valence electrons. The van der Waals surface area contributed by atoms with Gasteiger partial charge < -0.3 is 10.8 Å². The monoisotopic (exact) mass is 342 g/mol. The maximum Gasteiger partial charge on any atom is 0.155 e. The first-order valence-electron chi connectivity index (χ1n) is 7.88. The van der Waals surface area contributed by atoms with Crippen LogP contribution >= 0.6 is 11.8 Å². The highest BCUT2D eigenvalue weighted by molar-refractivity contribution is 8.14. The molecule has 1 aromatic heterocycles. The van der Waals surface area contributed by atoms with Crippen molar-refractivity contribution in [2.24, 2.45) is 10.7 Å². The molecule has 2 heterocycles. The van der Waals surface area contributed by atoms with Crippen LogP contribution in [0.5, 0.6) is 0 Å². The van der Waals surface area contributed by atoms with Crippen molar-refractivity contribution in [2.45, 2.75) is 43.6 Å². The Bertz CT molecular complexity index is 757. The van der Waals surface area contributed by atoms with Gasteiger partial charge in [0.25, 0.3) is 0 Å². The van der Waals surface area contributed by atoms with Crippen LogP contribution in [-0.4, -0.2) is 31.1 Å². The molecule has 0 bridgehead atoms. The number of thioether (sulfide) groups is 1. The van der Waals surface area contributed by atoms with E-state index in [9.17, 15) is 5.11 Å². The van der Waals surface area contributed by atoms with E-state index >= 15 is 0 Å². The fraction of sp³-hybridized carbons (Fsp3) is 0.389. The van der Waals surface area contributed by atoms with Gasteiger partial charge in [0.1, 0.15) is 6.33 Å². The highest BCUT2D eigenvalue weighted by atomic mass is 32.2. The molecular weight excluding hydrogens is 320 g/mol. The van der Waals surface area contributed by atoms with Gasteiger partial charge in [0.05, 0.1) is 11.1 Å². The highest BCUT2D eigenvalue weighted by Gasteiger charge is 2.40. The van der Waals surface area contributed by atoms with E-state index in [0.29, 0.717) is 5.17 Å². The average molecular weight is 342 g/mol. The largest absolute Gasteiger partial charge is 0.389 e. The molecule has 0 aliphatic carbocycles. The number of aromatic nitrogens is 2. The summed E-state index contributed by atoms with van der Waals surface area (Å²) in [5.74, 6) is 0. The van der Waals surface area contributed by atoms with Crippen LogP contribution in [0.25, 0.3) is 11.1 Å². The summed E-state index contributed by atoms with van der Waals surface area (Å²) in [4.78, 5) is 12.9. The number of nitrogens with zero attached hydrogens (tertiary/aromatic N) is 3. The number of rotatable bonds is 3. The van der Waals surface area contributed by atoms with E-state index in [1.165, 1.54) is 18.1 Å². The zero-order valence-corrected chi connectivity index (χ0v) is 14.9. The molecule has 0 unspecified atom stereocenters. The molecule has 0 saturated heterocycles. The highest BCUT2D eigenvalue weighted by Crippen LogP contribution is 2.43. The van der Waals surface area contributed by atoms with Crippen molar-refractivity contribution < 1.29 is 5.11 Å². The molecule has 2 atom stereocenters. The molecule has 3 N–H and O–H groups in total. The van der Waals surface area contributed by atoms with Gasteiger partial charge in [-0.15, -0.1) is 0 Å². The van der Waals surface area contributed by atoms with Gasteiger partial charge >= 0.3 is 0 Å². The average Bonchev–Trinajstić information content (AvgIpc) is 2.54. The molecule has 5 nitrogen and oxygen atoms in total. The van der Waals surface area contributed by atoms with Gasteiger partial charge in [-0.1, -0.05) is 30.0 Å². The molecule has 0 radical (unpaired) electrons. The van der Waals surface area contributed by atoms with Gasteiger partial charge in [0.2, 0.25) is 0 Å². The van der Waals surface area contributed by atoms with E-state index in [4.69, 9.17) is 10.7 Å². The maximum absolute atomic E-state index is 10.4. The van der Waals surface area contributed by atoms with Crippen molar-refractivity contribution in [3.8, 4) is 11.1 Å². The van der Waals surface area contributed by atoms with Crippen molar-refractivity contribution in [3.05, 3.63) is 48.5 Å². The van der Waals surface area contributed by atoms with Gasteiger partial charge in [-0.3, -0.25) is 4.99 Å². The number of hydrogen-bond acceptors (Lipinski definition) is 6. The summed E-state index contributed by atoms with van der Waals surface area (Å²) < 4.78 is 0. The topological polar surface area (TPSA) is 84.4 Å². The lowest BCUT2D eigenvalue weighted by atomic mass is 9.83. The maximum atomic E-state index is 10.4. The summed E-state index contributed by atoms with van der Waals surface area (Å²) in [6.07, 6.45) is 5.83. The molecule has 1 aliphatic rings. The van der Waals surface area contributed by atoms with E-state index in [1.54, 1.807) is 12.4 Å². The Hall–Kier alpha value is -1.92. The normalized spacial score (nSPS) is 24.5. The van der Waals surface area contributed by atoms with E-state index < -0.39 is 11.1 Å².